The lowest BCUT2D eigenvalue weighted by Crippen LogP contribution is -2.45. The summed E-state index contributed by atoms with van der Waals surface area (Å²) in [4.78, 5) is 23.9. The second kappa shape index (κ2) is 5.81. The van der Waals surface area contributed by atoms with Crippen LogP contribution in [0, 0.1) is 5.92 Å². The quantitative estimate of drug-likeness (QED) is 0.534. The standard InChI is InChI=1S/C10H19N3O3/c1-7(14)9-3-4-13(5-9)6-10(16)12-11-8(2)15/h7,9,14H,3-6H2,1-2H3,(H,11,15)(H,12,16). The van der Waals surface area contributed by atoms with Gasteiger partial charge in [-0.05, 0) is 25.8 Å². The number of carbonyl (C=O) groups excluding carboxylic acids is 2. The van der Waals surface area contributed by atoms with Gasteiger partial charge in [0, 0.05) is 13.5 Å². The van der Waals surface area contributed by atoms with Crippen LogP contribution in [0.3, 0.4) is 0 Å². The number of aliphatic hydroxyl groups is 1. The van der Waals surface area contributed by atoms with Crippen LogP contribution in [0.2, 0.25) is 0 Å². The first-order valence-corrected chi connectivity index (χ1v) is 5.45. The Bertz CT molecular complexity index is 268. The molecule has 1 saturated heterocycles. The second-order valence-electron chi connectivity index (χ2n) is 4.25. The Kier molecular flexibility index (Phi) is 4.70. The maximum Gasteiger partial charge on any atom is 0.252 e. The highest BCUT2D eigenvalue weighted by Crippen LogP contribution is 2.18. The molecule has 2 atom stereocenters. The smallest absolute Gasteiger partial charge is 0.252 e. The van der Waals surface area contributed by atoms with Crippen molar-refractivity contribution in [3.63, 3.8) is 0 Å². The van der Waals surface area contributed by atoms with Crippen LogP contribution in [0.15, 0.2) is 0 Å². The highest BCUT2D eigenvalue weighted by atomic mass is 16.3. The molecule has 2 amide bonds. The Labute approximate surface area is 95.0 Å². The van der Waals surface area contributed by atoms with Gasteiger partial charge >= 0.3 is 0 Å². The molecule has 1 aliphatic heterocycles. The molecule has 92 valence electrons. The molecule has 0 bridgehead atoms. The Morgan fingerprint density at radius 2 is 2.19 bits per heavy atom. The van der Waals surface area contributed by atoms with Crippen molar-refractivity contribution in [3.05, 3.63) is 0 Å². The first-order valence-electron chi connectivity index (χ1n) is 5.45. The SMILES string of the molecule is CC(=O)NNC(=O)CN1CCC(C(C)O)C1. The molecule has 0 aromatic rings. The van der Waals surface area contributed by atoms with E-state index >= 15 is 0 Å². The molecule has 1 fully saturated rings. The fraction of sp³-hybridized carbons (Fsp3) is 0.800. The number of amides is 2. The average Bonchev–Trinajstić information content (AvgIpc) is 2.63. The van der Waals surface area contributed by atoms with Crippen molar-refractivity contribution in [3.8, 4) is 0 Å². The van der Waals surface area contributed by atoms with E-state index in [9.17, 15) is 14.7 Å². The van der Waals surface area contributed by atoms with Crippen LogP contribution in [0.4, 0.5) is 0 Å². The van der Waals surface area contributed by atoms with Crippen molar-refractivity contribution in [2.75, 3.05) is 19.6 Å². The number of likely N-dealkylation sites (tertiary alicyclic amines) is 1. The minimum Gasteiger partial charge on any atom is -0.393 e. The summed E-state index contributed by atoms with van der Waals surface area (Å²) in [6, 6.07) is 0. The molecule has 0 spiro atoms. The van der Waals surface area contributed by atoms with Crippen molar-refractivity contribution in [1.29, 1.82) is 0 Å². The topological polar surface area (TPSA) is 81.7 Å². The fourth-order valence-corrected chi connectivity index (χ4v) is 1.80. The summed E-state index contributed by atoms with van der Waals surface area (Å²) in [5.41, 5.74) is 4.55. The van der Waals surface area contributed by atoms with E-state index in [-0.39, 0.29) is 30.4 Å². The zero-order valence-electron chi connectivity index (χ0n) is 9.69. The number of carbonyl (C=O) groups is 2. The number of nitrogens with zero attached hydrogens (tertiary/aromatic N) is 1. The highest BCUT2D eigenvalue weighted by molar-refractivity contribution is 5.81. The van der Waals surface area contributed by atoms with Crippen LogP contribution in [-0.2, 0) is 9.59 Å². The fourth-order valence-electron chi connectivity index (χ4n) is 1.80. The van der Waals surface area contributed by atoms with E-state index in [1.807, 2.05) is 4.90 Å². The molecule has 1 heterocycles. The zero-order valence-corrected chi connectivity index (χ0v) is 9.69. The van der Waals surface area contributed by atoms with Crippen LogP contribution < -0.4 is 10.9 Å². The number of aliphatic hydroxyl groups excluding tert-OH is 1. The van der Waals surface area contributed by atoms with Gasteiger partial charge in [0.2, 0.25) is 5.91 Å². The molecular formula is C10H19N3O3. The normalized spacial score (nSPS) is 22.8. The third kappa shape index (κ3) is 4.16. The molecule has 0 saturated carbocycles. The highest BCUT2D eigenvalue weighted by Gasteiger charge is 2.26. The van der Waals surface area contributed by atoms with Crippen LogP contribution in [0.25, 0.3) is 0 Å². The van der Waals surface area contributed by atoms with Crippen molar-refractivity contribution >= 4 is 11.8 Å². The molecule has 16 heavy (non-hydrogen) atoms. The number of rotatable bonds is 3. The van der Waals surface area contributed by atoms with Crippen LogP contribution in [0.5, 0.6) is 0 Å². The van der Waals surface area contributed by atoms with E-state index in [0.717, 1.165) is 19.5 Å². The minimum absolute atomic E-state index is 0.235. The lowest BCUT2D eigenvalue weighted by molar-refractivity contribution is -0.128. The van der Waals surface area contributed by atoms with Crippen molar-refractivity contribution in [1.82, 2.24) is 15.8 Å². The first kappa shape index (κ1) is 12.9. The maximum absolute atomic E-state index is 11.3. The molecule has 1 rings (SSSR count). The predicted octanol–water partition coefficient (Wildman–Crippen LogP) is -1.14. The van der Waals surface area contributed by atoms with E-state index in [1.165, 1.54) is 6.92 Å². The Morgan fingerprint density at radius 1 is 1.50 bits per heavy atom. The average molecular weight is 229 g/mol. The molecule has 1 aliphatic rings. The summed E-state index contributed by atoms with van der Waals surface area (Å²) in [6.45, 7) is 4.89. The lowest BCUT2D eigenvalue weighted by Gasteiger charge is -2.16. The Hall–Kier alpha value is -1.14. The van der Waals surface area contributed by atoms with E-state index in [4.69, 9.17) is 0 Å². The predicted molar refractivity (Wildman–Crippen MR) is 58.2 cm³/mol. The van der Waals surface area contributed by atoms with E-state index in [2.05, 4.69) is 10.9 Å². The Balaban J connectivity index is 2.23. The van der Waals surface area contributed by atoms with Gasteiger partial charge in [0.05, 0.1) is 12.6 Å². The zero-order chi connectivity index (χ0) is 12.1. The molecular weight excluding hydrogens is 210 g/mol. The molecule has 3 N–H and O–H groups in total. The van der Waals surface area contributed by atoms with Gasteiger partial charge in [-0.3, -0.25) is 25.3 Å². The molecule has 2 unspecified atom stereocenters. The van der Waals surface area contributed by atoms with Gasteiger partial charge in [0.1, 0.15) is 0 Å². The summed E-state index contributed by atoms with van der Waals surface area (Å²) < 4.78 is 0. The number of hydrogen-bond acceptors (Lipinski definition) is 4. The summed E-state index contributed by atoms with van der Waals surface area (Å²) in [6.07, 6.45) is 0.578. The van der Waals surface area contributed by atoms with Gasteiger partial charge in [-0.25, -0.2) is 0 Å². The molecule has 0 aromatic heterocycles. The maximum atomic E-state index is 11.3. The van der Waals surface area contributed by atoms with Crippen molar-refractivity contribution in [2.24, 2.45) is 5.92 Å². The van der Waals surface area contributed by atoms with E-state index < -0.39 is 0 Å². The summed E-state index contributed by atoms with van der Waals surface area (Å²) in [5.74, 6) is -0.286. The molecule has 0 aliphatic carbocycles. The van der Waals surface area contributed by atoms with Crippen LogP contribution >= 0.6 is 0 Å². The van der Waals surface area contributed by atoms with Crippen LogP contribution in [-0.4, -0.2) is 47.6 Å². The summed E-state index contributed by atoms with van der Waals surface area (Å²) in [5, 5.41) is 9.40. The van der Waals surface area contributed by atoms with Crippen molar-refractivity contribution in [2.45, 2.75) is 26.4 Å². The van der Waals surface area contributed by atoms with E-state index in [1.54, 1.807) is 6.92 Å². The third-order valence-electron chi connectivity index (χ3n) is 2.74. The summed E-state index contributed by atoms with van der Waals surface area (Å²) in [7, 11) is 0. The summed E-state index contributed by atoms with van der Waals surface area (Å²) >= 11 is 0. The number of hydrazine groups is 1. The van der Waals surface area contributed by atoms with Crippen LogP contribution in [0.1, 0.15) is 20.3 Å². The largest absolute Gasteiger partial charge is 0.393 e. The number of nitrogens with one attached hydrogen (secondary N) is 2. The molecule has 0 radical (unpaired) electrons. The van der Waals surface area contributed by atoms with Gasteiger partial charge in [-0.2, -0.15) is 0 Å². The second-order valence-corrected chi connectivity index (χ2v) is 4.25. The third-order valence-corrected chi connectivity index (χ3v) is 2.74. The molecule has 6 heteroatoms. The van der Waals surface area contributed by atoms with Gasteiger partial charge in [-0.15, -0.1) is 0 Å². The van der Waals surface area contributed by atoms with Gasteiger partial charge in [0.15, 0.2) is 0 Å². The molecule has 0 aromatic carbocycles. The van der Waals surface area contributed by atoms with Gasteiger partial charge in [-0.1, -0.05) is 0 Å². The van der Waals surface area contributed by atoms with Crippen molar-refractivity contribution < 1.29 is 14.7 Å². The van der Waals surface area contributed by atoms with Gasteiger partial charge < -0.3 is 5.11 Å². The molecule has 6 nitrogen and oxygen atoms in total. The monoisotopic (exact) mass is 229 g/mol. The van der Waals surface area contributed by atoms with Gasteiger partial charge in [0.25, 0.3) is 5.91 Å². The number of hydrogen-bond donors (Lipinski definition) is 3. The Morgan fingerprint density at radius 3 is 2.69 bits per heavy atom. The van der Waals surface area contributed by atoms with E-state index in [0.29, 0.717) is 0 Å². The first-order chi connectivity index (χ1) is 7.49. The lowest BCUT2D eigenvalue weighted by atomic mass is 10.0. The minimum atomic E-state index is -0.330.